The van der Waals surface area contributed by atoms with E-state index in [0.29, 0.717) is 37.8 Å². The molecule has 2 saturated carbocycles. The van der Waals surface area contributed by atoms with E-state index in [1.807, 2.05) is 21.9 Å². The molecule has 1 aliphatic heterocycles. The molecule has 4 rings (SSSR count). The number of rotatable bonds is 2. The highest BCUT2D eigenvalue weighted by Crippen LogP contribution is 2.65. The van der Waals surface area contributed by atoms with Gasteiger partial charge < -0.3 is 9.80 Å². The molecule has 2 atom stereocenters. The summed E-state index contributed by atoms with van der Waals surface area (Å²) in [5.41, 5.74) is 1.51. The van der Waals surface area contributed by atoms with Crippen LogP contribution in [-0.2, 0) is 4.79 Å². The van der Waals surface area contributed by atoms with Gasteiger partial charge in [0.25, 0.3) is 0 Å². The van der Waals surface area contributed by atoms with Crippen molar-refractivity contribution in [2.24, 2.45) is 16.7 Å². The van der Waals surface area contributed by atoms with Crippen LogP contribution in [0.1, 0.15) is 33.1 Å². The van der Waals surface area contributed by atoms with Crippen molar-refractivity contribution in [1.29, 1.82) is 0 Å². The maximum atomic E-state index is 14.0. The minimum absolute atomic E-state index is 0.0723. The molecule has 0 aromatic heterocycles. The van der Waals surface area contributed by atoms with Crippen LogP contribution < -0.4 is 4.90 Å². The number of benzene rings is 1. The van der Waals surface area contributed by atoms with E-state index in [1.54, 1.807) is 6.07 Å². The highest BCUT2D eigenvalue weighted by molar-refractivity contribution is 5.88. The summed E-state index contributed by atoms with van der Waals surface area (Å²) in [5.74, 6) is 0.660. The van der Waals surface area contributed by atoms with Crippen molar-refractivity contribution in [3.8, 4) is 0 Å². The Morgan fingerprint density at radius 3 is 2.48 bits per heavy atom. The normalized spacial score (nSPS) is 30.8. The van der Waals surface area contributed by atoms with Crippen molar-refractivity contribution < 1.29 is 9.18 Å². The molecule has 1 heterocycles. The fourth-order valence-corrected chi connectivity index (χ4v) is 5.28. The molecule has 1 aromatic carbocycles. The molecule has 3 aliphatic rings. The number of halogens is 1. The average Bonchev–Trinajstić information content (AvgIpc) is 3.14. The predicted molar refractivity (Wildman–Crippen MR) is 97.9 cm³/mol. The lowest BCUT2D eigenvalue weighted by molar-refractivity contribution is -0.140. The molecule has 3 fully saturated rings. The van der Waals surface area contributed by atoms with E-state index in [-0.39, 0.29) is 22.6 Å². The summed E-state index contributed by atoms with van der Waals surface area (Å²) < 4.78 is 14.0. The third-order valence-electron chi connectivity index (χ3n) is 7.06. The van der Waals surface area contributed by atoms with Gasteiger partial charge in [0, 0.05) is 26.2 Å². The van der Waals surface area contributed by atoms with Crippen LogP contribution in [0.2, 0.25) is 0 Å². The Labute approximate surface area is 149 Å². The highest BCUT2D eigenvalue weighted by atomic mass is 19.1. The number of carbonyl (C=O) groups excluding carboxylic acids is 1. The molecule has 0 spiro atoms. The third-order valence-corrected chi connectivity index (χ3v) is 7.06. The molecule has 25 heavy (non-hydrogen) atoms. The summed E-state index contributed by atoms with van der Waals surface area (Å²) >= 11 is 0. The van der Waals surface area contributed by atoms with E-state index < -0.39 is 0 Å². The monoisotopic (exact) mass is 342 g/mol. The molecule has 1 amide bonds. The van der Waals surface area contributed by atoms with Gasteiger partial charge in [-0.1, -0.05) is 38.1 Å². The van der Waals surface area contributed by atoms with Gasteiger partial charge in [-0.15, -0.1) is 0 Å². The van der Waals surface area contributed by atoms with Gasteiger partial charge in [0.1, 0.15) is 5.82 Å². The van der Waals surface area contributed by atoms with E-state index in [2.05, 4.69) is 20.4 Å². The molecular weight excluding hydrogens is 315 g/mol. The zero-order valence-corrected chi connectivity index (χ0v) is 15.2. The van der Waals surface area contributed by atoms with Crippen molar-refractivity contribution in [1.82, 2.24) is 4.90 Å². The fraction of sp³-hybridized carbons (Fsp3) is 0.571. The van der Waals surface area contributed by atoms with Crippen LogP contribution >= 0.6 is 0 Å². The number of fused-ring (bicyclic) bond motifs is 2. The number of hydrogen-bond donors (Lipinski definition) is 0. The van der Waals surface area contributed by atoms with Crippen molar-refractivity contribution in [2.75, 3.05) is 31.1 Å². The van der Waals surface area contributed by atoms with Crippen LogP contribution in [0.5, 0.6) is 0 Å². The van der Waals surface area contributed by atoms with E-state index in [4.69, 9.17) is 0 Å². The van der Waals surface area contributed by atoms with Crippen LogP contribution in [-0.4, -0.2) is 37.0 Å². The molecule has 4 heteroatoms. The first-order valence-electron chi connectivity index (χ1n) is 9.35. The van der Waals surface area contributed by atoms with Gasteiger partial charge in [-0.25, -0.2) is 4.39 Å². The molecule has 1 saturated heterocycles. The van der Waals surface area contributed by atoms with Gasteiger partial charge in [0.05, 0.1) is 11.1 Å². The second-order valence-corrected chi connectivity index (χ2v) is 8.45. The summed E-state index contributed by atoms with van der Waals surface area (Å²) in [5, 5.41) is 0. The van der Waals surface area contributed by atoms with Crippen LogP contribution in [0.25, 0.3) is 0 Å². The summed E-state index contributed by atoms with van der Waals surface area (Å²) in [6, 6.07) is 6.88. The SMILES string of the molecule is C=C1C(C)(C)[C@@H]2CC[C@@]1(C(=O)N1CCN(c3ccccc3F)CC1)C2. The molecule has 1 aromatic rings. The summed E-state index contributed by atoms with van der Waals surface area (Å²) in [4.78, 5) is 17.4. The van der Waals surface area contributed by atoms with Crippen molar-refractivity contribution in [3.63, 3.8) is 0 Å². The Morgan fingerprint density at radius 1 is 1.20 bits per heavy atom. The number of amides is 1. The fourth-order valence-electron chi connectivity index (χ4n) is 5.28. The summed E-state index contributed by atoms with van der Waals surface area (Å²) in [6.45, 7) is 11.5. The van der Waals surface area contributed by atoms with Crippen LogP contribution in [0.15, 0.2) is 36.4 Å². The molecule has 0 N–H and O–H groups in total. The number of piperazine rings is 1. The van der Waals surface area contributed by atoms with E-state index in [1.165, 1.54) is 6.07 Å². The summed E-state index contributed by atoms with van der Waals surface area (Å²) in [6.07, 6.45) is 3.05. The highest BCUT2D eigenvalue weighted by Gasteiger charge is 2.61. The zero-order valence-electron chi connectivity index (χ0n) is 15.2. The molecular formula is C21H27FN2O. The quantitative estimate of drug-likeness (QED) is 0.762. The molecule has 2 aliphatic carbocycles. The smallest absolute Gasteiger partial charge is 0.233 e. The third kappa shape index (κ3) is 2.33. The predicted octanol–water partition coefficient (Wildman–Crippen LogP) is 3.86. The number of hydrogen-bond acceptors (Lipinski definition) is 2. The Bertz CT molecular complexity index is 720. The molecule has 0 radical (unpaired) electrons. The molecule has 0 unspecified atom stereocenters. The molecule has 3 nitrogen and oxygen atoms in total. The van der Waals surface area contributed by atoms with Gasteiger partial charge in [-0.05, 0) is 42.7 Å². The largest absolute Gasteiger partial charge is 0.366 e. The van der Waals surface area contributed by atoms with Crippen LogP contribution in [0.4, 0.5) is 10.1 Å². The number of para-hydroxylation sites is 1. The van der Waals surface area contributed by atoms with Gasteiger partial charge in [-0.2, -0.15) is 0 Å². The zero-order chi connectivity index (χ0) is 17.8. The minimum Gasteiger partial charge on any atom is -0.366 e. The maximum absolute atomic E-state index is 14.0. The first-order chi connectivity index (χ1) is 11.9. The van der Waals surface area contributed by atoms with E-state index in [9.17, 15) is 9.18 Å². The lowest BCUT2D eigenvalue weighted by atomic mass is 9.68. The topological polar surface area (TPSA) is 23.6 Å². The van der Waals surface area contributed by atoms with Crippen LogP contribution in [0.3, 0.4) is 0 Å². The van der Waals surface area contributed by atoms with Gasteiger partial charge >= 0.3 is 0 Å². The van der Waals surface area contributed by atoms with Crippen molar-refractivity contribution in [3.05, 3.63) is 42.2 Å². The average molecular weight is 342 g/mol. The maximum Gasteiger partial charge on any atom is 0.233 e. The van der Waals surface area contributed by atoms with Gasteiger partial charge in [0.2, 0.25) is 5.91 Å². The second-order valence-electron chi connectivity index (χ2n) is 8.45. The Hall–Kier alpha value is -1.84. The standard InChI is InChI=1S/C21H27FN2O/c1-15-20(2,3)16-8-9-21(15,14-16)19(25)24-12-10-23(11-13-24)18-7-5-4-6-17(18)22/h4-7,16H,1,8-14H2,2-3H3/t16-,21-/m1/s1. The van der Waals surface area contributed by atoms with Gasteiger partial charge in [-0.3, -0.25) is 4.79 Å². The van der Waals surface area contributed by atoms with Crippen molar-refractivity contribution >= 4 is 11.6 Å². The lowest BCUT2D eigenvalue weighted by Crippen LogP contribution is -2.53. The first kappa shape index (κ1) is 16.6. The molecule has 134 valence electrons. The number of carbonyl (C=O) groups is 1. The van der Waals surface area contributed by atoms with Crippen LogP contribution in [0, 0.1) is 22.6 Å². The van der Waals surface area contributed by atoms with Crippen molar-refractivity contribution in [2.45, 2.75) is 33.1 Å². The Kier molecular flexibility index (Phi) is 3.71. The first-order valence-corrected chi connectivity index (χ1v) is 9.35. The second kappa shape index (κ2) is 5.58. The van der Waals surface area contributed by atoms with Gasteiger partial charge in [0.15, 0.2) is 0 Å². The Morgan fingerprint density at radius 2 is 1.88 bits per heavy atom. The lowest BCUT2D eigenvalue weighted by Gasteiger charge is -2.42. The number of anilines is 1. The minimum atomic E-state index is -0.339. The van der Waals surface area contributed by atoms with E-state index >= 15 is 0 Å². The molecule has 2 bridgehead atoms. The Balaban J connectivity index is 1.48. The summed E-state index contributed by atoms with van der Waals surface area (Å²) in [7, 11) is 0. The number of nitrogens with zero attached hydrogens (tertiary/aromatic N) is 2. The van der Waals surface area contributed by atoms with E-state index in [0.717, 1.165) is 24.8 Å².